The lowest BCUT2D eigenvalue weighted by Gasteiger charge is -2.43. The Hall–Kier alpha value is -2.73. The minimum atomic E-state index is -0.247. The van der Waals surface area contributed by atoms with Crippen molar-refractivity contribution in [2.24, 2.45) is 0 Å². The Morgan fingerprint density at radius 3 is 2.62 bits per heavy atom. The lowest BCUT2D eigenvalue weighted by atomic mass is 10.0. The highest BCUT2D eigenvalue weighted by atomic mass is 16.2. The zero-order valence-electron chi connectivity index (χ0n) is 15.2. The third kappa shape index (κ3) is 3.75. The van der Waals surface area contributed by atoms with E-state index < -0.39 is 0 Å². The van der Waals surface area contributed by atoms with Crippen molar-refractivity contribution in [3.63, 3.8) is 0 Å². The topological polar surface area (TPSA) is 69.3 Å². The Labute approximate surface area is 153 Å². The summed E-state index contributed by atoms with van der Waals surface area (Å²) in [5.74, 6) is 0.0360. The van der Waals surface area contributed by atoms with E-state index in [1.807, 2.05) is 23.1 Å². The molecular weight excluding hydrogens is 328 g/mol. The molecule has 1 aliphatic heterocycles. The number of piperazine rings is 1. The van der Waals surface area contributed by atoms with Gasteiger partial charge in [-0.15, -0.1) is 6.58 Å². The summed E-state index contributed by atoms with van der Waals surface area (Å²) in [6.45, 7) is 10.4. The van der Waals surface area contributed by atoms with E-state index in [1.54, 1.807) is 18.3 Å². The molecule has 6 heteroatoms. The number of carbonyl (C=O) groups excluding carboxylic acids is 1. The molecule has 0 bridgehead atoms. The van der Waals surface area contributed by atoms with Crippen molar-refractivity contribution in [1.82, 2.24) is 19.8 Å². The first-order chi connectivity index (χ1) is 12.5. The second kappa shape index (κ2) is 7.66. The fourth-order valence-electron chi connectivity index (χ4n) is 3.38. The number of carbonyl (C=O) groups is 1. The summed E-state index contributed by atoms with van der Waals surface area (Å²) in [5, 5.41) is 0. The van der Waals surface area contributed by atoms with Gasteiger partial charge in [0, 0.05) is 37.3 Å². The molecule has 2 aromatic rings. The van der Waals surface area contributed by atoms with Gasteiger partial charge in [0.1, 0.15) is 0 Å². The minimum absolute atomic E-state index is 0.0360. The molecule has 1 saturated heterocycles. The molecule has 1 amide bonds. The van der Waals surface area contributed by atoms with Gasteiger partial charge < -0.3 is 9.88 Å². The molecule has 136 valence electrons. The lowest BCUT2D eigenvalue weighted by molar-refractivity contribution is 0.0355. The fraction of sp³-hybridized carbons (Fsp3) is 0.350. The first kappa shape index (κ1) is 18.1. The second-order valence-electron chi connectivity index (χ2n) is 6.79. The van der Waals surface area contributed by atoms with E-state index in [2.05, 4.69) is 35.3 Å². The normalized spacial score (nSPS) is 20.8. The summed E-state index contributed by atoms with van der Waals surface area (Å²) in [5.41, 5.74) is 1.86. The summed E-state index contributed by atoms with van der Waals surface area (Å²) in [6.07, 6.45) is 4.74. The van der Waals surface area contributed by atoms with Crippen molar-refractivity contribution in [1.29, 1.82) is 0 Å². The molecule has 0 spiro atoms. The van der Waals surface area contributed by atoms with Crippen LogP contribution < -0.4 is 5.56 Å². The Morgan fingerprint density at radius 2 is 1.96 bits per heavy atom. The van der Waals surface area contributed by atoms with Gasteiger partial charge in [-0.05, 0) is 31.5 Å². The maximum Gasteiger partial charge on any atom is 0.266 e. The van der Waals surface area contributed by atoms with Gasteiger partial charge in [-0.3, -0.25) is 19.5 Å². The van der Waals surface area contributed by atoms with E-state index >= 15 is 0 Å². The monoisotopic (exact) mass is 352 g/mol. The molecule has 1 N–H and O–H groups in total. The number of aromatic amines is 1. The Balaban J connectivity index is 1.76. The number of H-pyrrole nitrogens is 1. The molecule has 1 aliphatic rings. The van der Waals surface area contributed by atoms with E-state index in [-0.39, 0.29) is 17.5 Å². The number of hydrogen-bond acceptors (Lipinski definition) is 4. The molecule has 1 aromatic carbocycles. The van der Waals surface area contributed by atoms with Gasteiger partial charge in [-0.1, -0.05) is 18.2 Å². The number of nitrogens with zero attached hydrogens (tertiary/aromatic N) is 3. The fourth-order valence-corrected chi connectivity index (χ4v) is 3.38. The van der Waals surface area contributed by atoms with Gasteiger partial charge in [-0.2, -0.15) is 0 Å². The number of benzene rings is 1. The zero-order chi connectivity index (χ0) is 18.7. The molecule has 0 radical (unpaired) electrons. The first-order valence-corrected chi connectivity index (χ1v) is 8.80. The summed E-state index contributed by atoms with van der Waals surface area (Å²) < 4.78 is 0. The van der Waals surface area contributed by atoms with Gasteiger partial charge in [0.15, 0.2) is 0 Å². The molecule has 2 atom stereocenters. The molecule has 6 nitrogen and oxygen atoms in total. The van der Waals surface area contributed by atoms with E-state index in [4.69, 9.17) is 0 Å². The first-order valence-electron chi connectivity index (χ1n) is 8.80. The highest BCUT2D eigenvalue weighted by Crippen LogP contribution is 2.20. The van der Waals surface area contributed by atoms with E-state index in [1.165, 1.54) is 6.20 Å². The second-order valence-corrected chi connectivity index (χ2v) is 6.79. The Kier molecular flexibility index (Phi) is 5.32. The third-order valence-corrected chi connectivity index (χ3v) is 4.84. The smallest absolute Gasteiger partial charge is 0.266 e. The van der Waals surface area contributed by atoms with Crippen LogP contribution in [0.3, 0.4) is 0 Å². The minimum Gasteiger partial charge on any atom is -0.333 e. The lowest BCUT2D eigenvalue weighted by Crippen LogP contribution is -2.57. The van der Waals surface area contributed by atoms with Crippen molar-refractivity contribution in [2.45, 2.75) is 25.9 Å². The third-order valence-electron chi connectivity index (χ3n) is 4.84. The molecule has 0 saturated carbocycles. The van der Waals surface area contributed by atoms with Crippen molar-refractivity contribution < 1.29 is 4.79 Å². The molecule has 1 aromatic heterocycles. The number of aromatic nitrogens is 2. The average molecular weight is 352 g/mol. The average Bonchev–Trinajstić information content (AvgIpc) is 2.64. The molecule has 0 aliphatic carbocycles. The van der Waals surface area contributed by atoms with Crippen molar-refractivity contribution in [2.75, 3.05) is 19.6 Å². The van der Waals surface area contributed by atoms with Gasteiger partial charge >= 0.3 is 0 Å². The van der Waals surface area contributed by atoms with E-state index in [9.17, 15) is 9.59 Å². The largest absolute Gasteiger partial charge is 0.333 e. The number of hydrogen-bond donors (Lipinski definition) is 1. The maximum absolute atomic E-state index is 12.9. The number of amides is 1. The SMILES string of the molecule is C=CCN1C[C@@H](C)N(C(=O)c2ccc(-c3cncc(=O)[nH]3)cc2)C[C@H]1C. The highest BCUT2D eigenvalue weighted by Gasteiger charge is 2.31. The number of rotatable bonds is 4. The van der Waals surface area contributed by atoms with Gasteiger partial charge in [0.2, 0.25) is 0 Å². The molecular formula is C20H24N4O2. The van der Waals surface area contributed by atoms with Crippen LogP contribution in [0.25, 0.3) is 11.3 Å². The van der Waals surface area contributed by atoms with Crippen LogP contribution in [0.1, 0.15) is 24.2 Å². The highest BCUT2D eigenvalue weighted by molar-refractivity contribution is 5.95. The van der Waals surface area contributed by atoms with Crippen LogP contribution in [0.15, 0.2) is 54.1 Å². The standard InChI is InChI=1S/C20H24N4O2/c1-4-9-23-12-15(3)24(13-14(23)2)20(26)17-7-5-16(6-8-17)18-10-21-11-19(25)22-18/h4-8,10-11,14-15H,1,9,12-13H2,2-3H3,(H,22,25)/t14-,15-/m1/s1. The Morgan fingerprint density at radius 1 is 1.23 bits per heavy atom. The van der Waals surface area contributed by atoms with Crippen LogP contribution in [0.2, 0.25) is 0 Å². The van der Waals surface area contributed by atoms with Crippen LogP contribution in [-0.2, 0) is 0 Å². The molecule has 3 rings (SSSR count). The molecule has 2 heterocycles. The van der Waals surface area contributed by atoms with Gasteiger partial charge in [0.05, 0.1) is 18.1 Å². The maximum atomic E-state index is 12.9. The summed E-state index contributed by atoms with van der Waals surface area (Å²) >= 11 is 0. The molecule has 0 unspecified atom stereocenters. The van der Waals surface area contributed by atoms with Gasteiger partial charge in [0.25, 0.3) is 11.5 Å². The van der Waals surface area contributed by atoms with Crippen molar-refractivity contribution in [3.8, 4) is 11.3 Å². The van der Waals surface area contributed by atoms with Gasteiger partial charge in [-0.25, -0.2) is 0 Å². The zero-order valence-corrected chi connectivity index (χ0v) is 15.2. The van der Waals surface area contributed by atoms with E-state index in [0.717, 1.165) is 18.7 Å². The summed E-state index contributed by atoms with van der Waals surface area (Å²) in [6, 6.07) is 7.72. The summed E-state index contributed by atoms with van der Waals surface area (Å²) in [4.78, 5) is 35.2. The van der Waals surface area contributed by atoms with Crippen molar-refractivity contribution >= 4 is 5.91 Å². The quantitative estimate of drug-likeness (QED) is 0.856. The number of nitrogens with one attached hydrogen (secondary N) is 1. The molecule has 26 heavy (non-hydrogen) atoms. The van der Waals surface area contributed by atoms with Crippen LogP contribution in [0.5, 0.6) is 0 Å². The van der Waals surface area contributed by atoms with Crippen LogP contribution in [0.4, 0.5) is 0 Å². The van der Waals surface area contributed by atoms with Crippen LogP contribution >= 0.6 is 0 Å². The van der Waals surface area contributed by atoms with Crippen LogP contribution in [-0.4, -0.2) is 57.4 Å². The molecule has 1 fully saturated rings. The predicted octanol–water partition coefficient (Wildman–Crippen LogP) is 2.16. The van der Waals surface area contributed by atoms with Crippen LogP contribution in [0, 0.1) is 0 Å². The Bertz CT molecular complexity index is 843. The van der Waals surface area contributed by atoms with E-state index in [0.29, 0.717) is 23.8 Å². The predicted molar refractivity (Wildman–Crippen MR) is 102 cm³/mol. The summed E-state index contributed by atoms with van der Waals surface area (Å²) in [7, 11) is 0. The van der Waals surface area contributed by atoms with Crippen molar-refractivity contribution in [3.05, 3.63) is 65.2 Å².